The average molecular weight is 374 g/mol. The van der Waals surface area contributed by atoms with Gasteiger partial charge in [-0.15, -0.1) is 0 Å². The van der Waals surface area contributed by atoms with Crippen molar-refractivity contribution < 1.29 is 14.3 Å². The van der Waals surface area contributed by atoms with E-state index < -0.39 is 6.04 Å². The molecule has 2 heterocycles. The Bertz CT molecular complexity index is 635. The second kappa shape index (κ2) is 9.30. The molecule has 2 fully saturated rings. The number of rotatable bonds is 5. The van der Waals surface area contributed by atoms with Gasteiger partial charge in [0.2, 0.25) is 5.91 Å². The van der Waals surface area contributed by atoms with Gasteiger partial charge in [-0.2, -0.15) is 0 Å². The third-order valence-corrected chi connectivity index (χ3v) is 5.53. The molecule has 0 spiro atoms. The minimum absolute atomic E-state index is 0.0697. The molecule has 1 aromatic carbocycles. The number of likely N-dealkylation sites (N-methyl/N-ethyl adjacent to an activating group) is 1. The molecular weight excluding hydrogens is 344 g/mol. The Labute approximate surface area is 160 Å². The van der Waals surface area contributed by atoms with Gasteiger partial charge < -0.3 is 25.6 Å². The van der Waals surface area contributed by atoms with Gasteiger partial charge in [0.1, 0.15) is 0 Å². The van der Waals surface area contributed by atoms with Gasteiger partial charge in [-0.25, -0.2) is 0 Å². The number of nitrogens with zero attached hydrogens (tertiary/aromatic N) is 2. The van der Waals surface area contributed by atoms with Crippen LogP contribution in [0.15, 0.2) is 24.3 Å². The molecule has 0 radical (unpaired) electrons. The minimum atomic E-state index is -0.494. The topological polar surface area (TPSA) is 87.9 Å². The lowest BCUT2D eigenvalue weighted by molar-refractivity contribution is -0.124. The van der Waals surface area contributed by atoms with Crippen LogP contribution in [0.25, 0.3) is 0 Å². The van der Waals surface area contributed by atoms with Gasteiger partial charge >= 0.3 is 0 Å². The smallest absolute Gasteiger partial charge is 0.253 e. The lowest BCUT2D eigenvalue weighted by atomic mass is 9.92. The van der Waals surface area contributed by atoms with Crippen LogP contribution in [-0.4, -0.2) is 74.1 Å². The largest absolute Gasteiger partial charge is 0.381 e. The van der Waals surface area contributed by atoms with E-state index >= 15 is 0 Å². The molecule has 2 amide bonds. The summed E-state index contributed by atoms with van der Waals surface area (Å²) in [6, 6.07) is 6.96. The number of amides is 2. The van der Waals surface area contributed by atoms with Crippen molar-refractivity contribution in [3.05, 3.63) is 35.4 Å². The summed E-state index contributed by atoms with van der Waals surface area (Å²) in [4.78, 5) is 29.0. The van der Waals surface area contributed by atoms with Gasteiger partial charge in [0.15, 0.2) is 0 Å². The average Bonchev–Trinajstić information content (AvgIpc) is 2.72. The van der Waals surface area contributed by atoms with Crippen molar-refractivity contribution in [3.8, 4) is 0 Å². The number of nitrogens with one attached hydrogen (secondary N) is 1. The first-order chi connectivity index (χ1) is 13.0. The van der Waals surface area contributed by atoms with Crippen LogP contribution in [-0.2, 0) is 16.1 Å². The van der Waals surface area contributed by atoms with Crippen molar-refractivity contribution in [3.63, 3.8) is 0 Å². The number of carbonyl (C=O) groups is 2. The summed E-state index contributed by atoms with van der Waals surface area (Å²) < 4.78 is 5.32. The third-order valence-electron chi connectivity index (χ3n) is 5.53. The molecule has 0 aromatic heterocycles. The van der Waals surface area contributed by atoms with Gasteiger partial charge in [0, 0.05) is 51.5 Å². The number of piperazine rings is 1. The van der Waals surface area contributed by atoms with Crippen LogP contribution in [0.2, 0.25) is 0 Å². The highest BCUT2D eigenvalue weighted by Crippen LogP contribution is 2.18. The second-order valence-electron chi connectivity index (χ2n) is 7.49. The van der Waals surface area contributed by atoms with Crippen molar-refractivity contribution in [2.75, 3.05) is 46.4 Å². The number of nitrogens with two attached hydrogens (primary N) is 1. The summed E-state index contributed by atoms with van der Waals surface area (Å²) >= 11 is 0. The number of hydrogen-bond donors (Lipinski definition) is 2. The molecule has 1 atom stereocenters. The fourth-order valence-corrected chi connectivity index (χ4v) is 3.55. The highest BCUT2D eigenvalue weighted by molar-refractivity contribution is 5.94. The molecule has 1 unspecified atom stereocenters. The van der Waals surface area contributed by atoms with Crippen molar-refractivity contribution in [1.82, 2.24) is 15.1 Å². The van der Waals surface area contributed by atoms with Crippen molar-refractivity contribution in [2.24, 2.45) is 11.7 Å². The molecule has 7 heteroatoms. The number of benzene rings is 1. The van der Waals surface area contributed by atoms with Gasteiger partial charge in [-0.3, -0.25) is 9.59 Å². The van der Waals surface area contributed by atoms with Crippen LogP contribution in [0.3, 0.4) is 0 Å². The maximum absolute atomic E-state index is 12.6. The predicted octanol–water partition coefficient (Wildman–Crippen LogP) is 0.444. The van der Waals surface area contributed by atoms with Crippen LogP contribution in [0.4, 0.5) is 0 Å². The number of ether oxygens (including phenoxy) is 1. The monoisotopic (exact) mass is 374 g/mol. The molecule has 1 aromatic rings. The van der Waals surface area contributed by atoms with Crippen LogP contribution < -0.4 is 11.1 Å². The molecule has 2 saturated heterocycles. The first kappa shape index (κ1) is 19.8. The SMILES string of the molecule is CN1CCN(C(=O)c2ccc(CNC(=O)C(N)C3CCOCC3)cc2)CC1. The van der Waals surface area contributed by atoms with Crippen molar-refractivity contribution in [1.29, 1.82) is 0 Å². The van der Waals surface area contributed by atoms with E-state index in [1.54, 1.807) is 0 Å². The number of hydrogen-bond acceptors (Lipinski definition) is 5. The van der Waals surface area contributed by atoms with Gasteiger partial charge in [0.05, 0.1) is 6.04 Å². The van der Waals surface area contributed by atoms with Crippen molar-refractivity contribution in [2.45, 2.75) is 25.4 Å². The molecule has 148 valence electrons. The van der Waals surface area contributed by atoms with Crippen molar-refractivity contribution >= 4 is 11.8 Å². The first-order valence-electron chi connectivity index (χ1n) is 9.72. The standard InChI is InChI=1S/C20H30N4O3/c1-23-8-10-24(11-9-23)20(26)17-4-2-15(3-5-17)14-22-19(25)18(21)16-6-12-27-13-7-16/h2-5,16,18H,6-14,21H2,1H3,(H,22,25). The van der Waals surface area contributed by atoms with Gasteiger partial charge in [-0.05, 0) is 43.5 Å². The molecule has 0 aliphatic carbocycles. The molecule has 2 aliphatic heterocycles. The Balaban J connectivity index is 1.48. The Morgan fingerprint density at radius 2 is 1.78 bits per heavy atom. The maximum atomic E-state index is 12.6. The van der Waals surface area contributed by atoms with Crippen LogP contribution in [0.1, 0.15) is 28.8 Å². The summed E-state index contributed by atoms with van der Waals surface area (Å²) in [5.41, 5.74) is 7.74. The summed E-state index contributed by atoms with van der Waals surface area (Å²) in [5, 5.41) is 2.91. The van der Waals surface area contributed by atoms with E-state index in [9.17, 15) is 9.59 Å². The molecular formula is C20H30N4O3. The van der Waals surface area contributed by atoms with Gasteiger partial charge in [0.25, 0.3) is 5.91 Å². The van der Waals surface area contributed by atoms with Gasteiger partial charge in [-0.1, -0.05) is 12.1 Å². The van der Waals surface area contributed by atoms with E-state index in [0.29, 0.717) is 25.3 Å². The summed E-state index contributed by atoms with van der Waals surface area (Å²) in [6.45, 7) is 5.10. The highest BCUT2D eigenvalue weighted by atomic mass is 16.5. The molecule has 0 bridgehead atoms. The quantitative estimate of drug-likeness (QED) is 0.781. The van der Waals surface area contributed by atoms with E-state index in [0.717, 1.165) is 44.6 Å². The summed E-state index contributed by atoms with van der Waals surface area (Å²) in [6.07, 6.45) is 1.66. The lowest BCUT2D eigenvalue weighted by Crippen LogP contribution is -2.47. The van der Waals surface area contributed by atoms with E-state index in [4.69, 9.17) is 10.5 Å². The molecule has 2 aliphatic rings. The Hall–Kier alpha value is -1.96. The molecule has 3 rings (SSSR count). The summed E-state index contributed by atoms with van der Waals surface area (Å²) in [7, 11) is 2.07. The zero-order valence-electron chi connectivity index (χ0n) is 16.0. The van der Waals surface area contributed by atoms with Crippen LogP contribution in [0.5, 0.6) is 0 Å². The third kappa shape index (κ3) is 5.28. The molecule has 7 nitrogen and oxygen atoms in total. The maximum Gasteiger partial charge on any atom is 0.253 e. The van der Waals surface area contributed by atoms with E-state index in [1.165, 1.54) is 0 Å². The zero-order valence-corrected chi connectivity index (χ0v) is 16.0. The fraction of sp³-hybridized carbons (Fsp3) is 0.600. The highest BCUT2D eigenvalue weighted by Gasteiger charge is 2.26. The second-order valence-corrected chi connectivity index (χ2v) is 7.49. The normalized spacial score (nSPS) is 20.3. The zero-order chi connectivity index (χ0) is 19.2. The Morgan fingerprint density at radius 1 is 1.15 bits per heavy atom. The van der Waals surface area contributed by atoms with E-state index in [-0.39, 0.29) is 17.7 Å². The van der Waals surface area contributed by atoms with E-state index in [1.807, 2.05) is 29.2 Å². The first-order valence-corrected chi connectivity index (χ1v) is 9.72. The minimum Gasteiger partial charge on any atom is -0.381 e. The predicted molar refractivity (Wildman–Crippen MR) is 103 cm³/mol. The van der Waals surface area contributed by atoms with Crippen LogP contribution in [0, 0.1) is 5.92 Å². The molecule has 3 N–H and O–H groups in total. The lowest BCUT2D eigenvalue weighted by Gasteiger charge is -2.32. The van der Waals surface area contributed by atoms with E-state index in [2.05, 4.69) is 17.3 Å². The fourth-order valence-electron chi connectivity index (χ4n) is 3.55. The summed E-state index contributed by atoms with van der Waals surface area (Å²) in [5.74, 6) is 0.127. The Morgan fingerprint density at radius 3 is 2.41 bits per heavy atom. The Kier molecular flexibility index (Phi) is 6.82. The number of carbonyl (C=O) groups excluding carboxylic acids is 2. The molecule has 27 heavy (non-hydrogen) atoms. The van der Waals surface area contributed by atoms with Crippen LogP contribution >= 0.6 is 0 Å². The molecule has 0 saturated carbocycles.